The predicted octanol–water partition coefficient (Wildman–Crippen LogP) is 0.657. The summed E-state index contributed by atoms with van der Waals surface area (Å²) in [4.78, 5) is 0. The molecule has 0 atom stereocenters. The van der Waals surface area contributed by atoms with Crippen LogP contribution in [0.25, 0.3) is 0 Å². The maximum atomic E-state index is 5.82. The molecule has 2 nitrogen and oxygen atoms in total. The summed E-state index contributed by atoms with van der Waals surface area (Å²) in [6, 6.07) is 0. The lowest BCUT2D eigenvalue weighted by Crippen LogP contribution is -2.77. The zero-order chi connectivity index (χ0) is 6.54. The molecule has 2 N–H and O–H groups in total. The number of hydrogen-bond donors (Lipinski definition) is 1. The Morgan fingerprint density at radius 3 is 2.33 bits per heavy atom. The van der Waals surface area contributed by atoms with E-state index in [0.29, 0.717) is 0 Å². The molecule has 2 heteroatoms. The van der Waals surface area contributed by atoms with Gasteiger partial charge in [-0.3, -0.25) is 0 Å². The molecular formula is C7H13NO. The van der Waals surface area contributed by atoms with Gasteiger partial charge in [-0.1, -0.05) is 0 Å². The first-order valence-electron chi connectivity index (χ1n) is 3.61. The molecular weight excluding hydrogens is 114 g/mol. The fourth-order valence-electron chi connectivity index (χ4n) is 2.23. The normalized spacial score (nSPS) is 54.0. The molecule has 3 saturated carbocycles. The second-order valence-electron chi connectivity index (χ2n) is 3.51. The lowest BCUT2D eigenvalue weighted by molar-refractivity contribution is -0.236. The number of ether oxygens (including phenoxy) is 1. The third-order valence-electron chi connectivity index (χ3n) is 2.47. The minimum absolute atomic E-state index is 0.204. The molecule has 0 saturated heterocycles. The molecule has 0 spiro atoms. The SMILES string of the molecule is CCOC12CC(N)(C1)C2. The van der Waals surface area contributed by atoms with E-state index in [9.17, 15) is 0 Å². The first-order chi connectivity index (χ1) is 4.18. The zero-order valence-electron chi connectivity index (χ0n) is 5.81. The van der Waals surface area contributed by atoms with Gasteiger partial charge in [-0.15, -0.1) is 0 Å². The topological polar surface area (TPSA) is 35.2 Å². The summed E-state index contributed by atoms with van der Waals surface area (Å²) in [6.45, 7) is 2.89. The van der Waals surface area contributed by atoms with E-state index in [2.05, 4.69) is 0 Å². The highest BCUT2D eigenvalue weighted by molar-refractivity contribution is 5.24. The monoisotopic (exact) mass is 127 g/mol. The second-order valence-corrected chi connectivity index (χ2v) is 3.51. The van der Waals surface area contributed by atoms with Crippen LogP contribution in [0.4, 0.5) is 0 Å². The van der Waals surface area contributed by atoms with Gasteiger partial charge in [0.05, 0.1) is 5.60 Å². The van der Waals surface area contributed by atoms with E-state index in [1.165, 1.54) is 0 Å². The summed E-state index contributed by atoms with van der Waals surface area (Å²) in [6.07, 6.45) is 3.32. The van der Waals surface area contributed by atoms with E-state index in [4.69, 9.17) is 10.5 Å². The molecule has 0 unspecified atom stereocenters. The van der Waals surface area contributed by atoms with Gasteiger partial charge in [0.15, 0.2) is 0 Å². The maximum Gasteiger partial charge on any atom is 0.0734 e. The van der Waals surface area contributed by atoms with Gasteiger partial charge < -0.3 is 10.5 Å². The lowest BCUT2D eigenvalue weighted by Gasteiger charge is -2.68. The van der Waals surface area contributed by atoms with Crippen molar-refractivity contribution in [2.75, 3.05) is 6.61 Å². The molecule has 52 valence electrons. The summed E-state index contributed by atoms with van der Waals surface area (Å²) in [5, 5.41) is 0. The van der Waals surface area contributed by atoms with Crippen molar-refractivity contribution in [3.8, 4) is 0 Å². The molecule has 3 fully saturated rings. The molecule has 0 aromatic heterocycles. The third-order valence-corrected chi connectivity index (χ3v) is 2.47. The van der Waals surface area contributed by atoms with Crippen LogP contribution in [0, 0.1) is 0 Å². The van der Waals surface area contributed by atoms with E-state index in [1.807, 2.05) is 6.92 Å². The molecule has 9 heavy (non-hydrogen) atoms. The number of nitrogens with two attached hydrogens (primary N) is 1. The maximum absolute atomic E-state index is 5.82. The van der Waals surface area contributed by atoms with Crippen LogP contribution >= 0.6 is 0 Å². The average molecular weight is 127 g/mol. The Morgan fingerprint density at radius 1 is 1.44 bits per heavy atom. The molecule has 0 amide bonds. The van der Waals surface area contributed by atoms with E-state index in [-0.39, 0.29) is 11.1 Å². The van der Waals surface area contributed by atoms with Crippen LogP contribution in [-0.2, 0) is 4.74 Å². The summed E-state index contributed by atoms with van der Waals surface area (Å²) in [5.74, 6) is 0. The number of rotatable bonds is 2. The standard InChI is InChI=1S/C7H13NO/c1-2-9-7-3-6(8,4-7)5-7/h2-5,8H2,1H3. The third kappa shape index (κ3) is 0.578. The van der Waals surface area contributed by atoms with Crippen LogP contribution in [-0.4, -0.2) is 17.7 Å². The van der Waals surface area contributed by atoms with Crippen molar-refractivity contribution in [2.45, 2.75) is 37.3 Å². The highest BCUT2D eigenvalue weighted by atomic mass is 16.5. The van der Waals surface area contributed by atoms with Gasteiger partial charge in [0.2, 0.25) is 0 Å². The summed E-state index contributed by atoms with van der Waals surface area (Å²) >= 11 is 0. The van der Waals surface area contributed by atoms with Crippen LogP contribution in [0.3, 0.4) is 0 Å². The first-order valence-corrected chi connectivity index (χ1v) is 3.61. The predicted molar refractivity (Wildman–Crippen MR) is 35.1 cm³/mol. The zero-order valence-corrected chi connectivity index (χ0v) is 5.81. The Morgan fingerprint density at radius 2 is 2.00 bits per heavy atom. The van der Waals surface area contributed by atoms with Gasteiger partial charge in [-0.2, -0.15) is 0 Å². The lowest BCUT2D eigenvalue weighted by atomic mass is 9.46. The van der Waals surface area contributed by atoms with Crippen LogP contribution in [0.2, 0.25) is 0 Å². The van der Waals surface area contributed by atoms with Crippen molar-refractivity contribution in [1.82, 2.24) is 0 Å². The van der Waals surface area contributed by atoms with Crippen LogP contribution in [0.5, 0.6) is 0 Å². The molecule has 0 aliphatic heterocycles. The van der Waals surface area contributed by atoms with E-state index >= 15 is 0 Å². The second kappa shape index (κ2) is 1.32. The first kappa shape index (κ1) is 5.69. The Balaban J connectivity index is 1.90. The molecule has 3 aliphatic rings. The van der Waals surface area contributed by atoms with Crippen molar-refractivity contribution < 1.29 is 4.74 Å². The number of hydrogen-bond acceptors (Lipinski definition) is 2. The Kier molecular flexibility index (Phi) is 0.837. The van der Waals surface area contributed by atoms with Gasteiger partial charge in [-0.05, 0) is 26.2 Å². The van der Waals surface area contributed by atoms with Gasteiger partial charge in [0.1, 0.15) is 0 Å². The molecule has 3 aliphatic carbocycles. The van der Waals surface area contributed by atoms with Crippen molar-refractivity contribution in [3.63, 3.8) is 0 Å². The minimum atomic E-state index is 0.204. The Bertz CT molecular complexity index is 118. The summed E-state index contributed by atoms with van der Waals surface area (Å²) in [5.41, 5.74) is 6.28. The highest BCUT2D eigenvalue weighted by Gasteiger charge is 2.66. The van der Waals surface area contributed by atoms with E-state index < -0.39 is 0 Å². The smallest absolute Gasteiger partial charge is 0.0734 e. The summed E-state index contributed by atoms with van der Waals surface area (Å²) in [7, 11) is 0. The molecule has 0 aromatic rings. The molecule has 3 rings (SSSR count). The van der Waals surface area contributed by atoms with Gasteiger partial charge in [0.25, 0.3) is 0 Å². The van der Waals surface area contributed by atoms with Crippen LogP contribution < -0.4 is 5.73 Å². The average Bonchev–Trinajstić information content (AvgIpc) is 1.60. The van der Waals surface area contributed by atoms with Crippen LogP contribution in [0.15, 0.2) is 0 Å². The minimum Gasteiger partial charge on any atom is -0.375 e. The van der Waals surface area contributed by atoms with E-state index in [0.717, 1.165) is 25.9 Å². The molecule has 2 bridgehead atoms. The highest BCUT2D eigenvalue weighted by Crippen LogP contribution is 2.60. The summed E-state index contributed by atoms with van der Waals surface area (Å²) < 4.78 is 5.52. The Hall–Kier alpha value is -0.0800. The fraction of sp³-hybridized carbons (Fsp3) is 1.00. The quantitative estimate of drug-likeness (QED) is 0.591. The largest absolute Gasteiger partial charge is 0.375 e. The molecule has 0 radical (unpaired) electrons. The molecule has 0 aromatic carbocycles. The van der Waals surface area contributed by atoms with E-state index in [1.54, 1.807) is 0 Å². The van der Waals surface area contributed by atoms with Gasteiger partial charge >= 0.3 is 0 Å². The van der Waals surface area contributed by atoms with Crippen molar-refractivity contribution in [1.29, 1.82) is 0 Å². The van der Waals surface area contributed by atoms with Gasteiger partial charge in [-0.25, -0.2) is 0 Å². The van der Waals surface area contributed by atoms with Crippen molar-refractivity contribution in [2.24, 2.45) is 5.73 Å². The fourth-order valence-corrected chi connectivity index (χ4v) is 2.23. The van der Waals surface area contributed by atoms with Gasteiger partial charge in [0, 0.05) is 12.1 Å². The van der Waals surface area contributed by atoms with Crippen molar-refractivity contribution in [3.05, 3.63) is 0 Å². The van der Waals surface area contributed by atoms with Crippen molar-refractivity contribution >= 4 is 0 Å². The molecule has 0 heterocycles. The Labute approximate surface area is 55.4 Å². The van der Waals surface area contributed by atoms with Crippen LogP contribution in [0.1, 0.15) is 26.2 Å².